The Bertz CT molecular complexity index is 3840. The molecule has 4 heteroatoms. The van der Waals surface area contributed by atoms with Crippen LogP contribution in [0.25, 0.3) is 104 Å². The first-order valence-electron chi connectivity index (χ1n) is 21.1. The van der Waals surface area contributed by atoms with Gasteiger partial charge in [-0.05, 0) is 94.9 Å². The minimum Gasteiger partial charge on any atom is -0.456 e. The van der Waals surface area contributed by atoms with E-state index in [1.807, 2.05) is 18.2 Å². The second-order valence-corrected chi connectivity index (χ2v) is 16.0. The van der Waals surface area contributed by atoms with Gasteiger partial charge in [-0.1, -0.05) is 146 Å². The van der Waals surface area contributed by atoms with E-state index in [1.54, 1.807) is 0 Å². The van der Waals surface area contributed by atoms with Crippen molar-refractivity contribution in [2.45, 2.75) is 0 Å². The molecule has 0 saturated heterocycles. The number of aromatic nitrogens is 1. The average molecular weight is 793 g/mol. The van der Waals surface area contributed by atoms with Gasteiger partial charge in [0.2, 0.25) is 0 Å². The fourth-order valence-corrected chi connectivity index (χ4v) is 9.83. The van der Waals surface area contributed by atoms with E-state index >= 15 is 0 Å². The van der Waals surface area contributed by atoms with Crippen LogP contribution in [0.3, 0.4) is 0 Å². The molecule has 0 aliphatic heterocycles. The zero-order chi connectivity index (χ0) is 40.7. The number of furan rings is 2. The number of para-hydroxylation sites is 4. The molecule has 0 saturated carbocycles. The number of hydrogen-bond acceptors (Lipinski definition) is 3. The first-order chi connectivity index (χ1) is 30.7. The normalized spacial score (nSPS) is 11.9. The van der Waals surface area contributed by atoms with Gasteiger partial charge in [0.25, 0.3) is 0 Å². The van der Waals surface area contributed by atoms with E-state index in [2.05, 4.69) is 210 Å². The molecule has 0 N–H and O–H groups in total. The van der Waals surface area contributed by atoms with E-state index in [-0.39, 0.29) is 0 Å². The number of anilines is 3. The molecule has 0 fully saturated rings. The van der Waals surface area contributed by atoms with Gasteiger partial charge in [-0.15, -0.1) is 0 Å². The standard InChI is InChI=1S/C58H36N2O2/c1-2-21-43-37(15-1)16-13-29-51(43)59(40-19-11-17-38(33-40)44-26-14-32-56-57(44)48-25-6-10-31-55(48)61-56)42-35-49(58-50(36-42)47-24-5-9-30-54(47)62-58)39-18-12-20-41(34-39)60-52-27-7-3-22-45(52)46-23-4-8-28-53(46)60/h1-36H. The molecule has 13 rings (SSSR count). The van der Waals surface area contributed by atoms with E-state index in [9.17, 15) is 0 Å². The molecule has 13 aromatic rings. The maximum absolute atomic E-state index is 6.84. The number of hydrogen-bond donors (Lipinski definition) is 0. The SMILES string of the molecule is c1cc(-c2cccc3oc4ccccc4c23)cc(N(c2cc(-c3cccc(-n4c5ccccc5c5ccccc54)c3)c3oc4ccccc4c3c2)c2cccc3ccccc23)c1. The maximum atomic E-state index is 6.84. The first kappa shape index (κ1) is 34.5. The minimum atomic E-state index is 0.860. The van der Waals surface area contributed by atoms with Gasteiger partial charge in [0.15, 0.2) is 0 Å². The summed E-state index contributed by atoms with van der Waals surface area (Å²) in [5.74, 6) is 0. The summed E-state index contributed by atoms with van der Waals surface area (Å²) in [6.07, 6.45) is 0. The highest BCUT2D eigenvalue weighted by Crippen LogP contribution is 2.47. The lowest BCUT2D eigenvalue weighted by atomic mass is 9.97. The van der Waals surface area contributed by atoms with Crippen LogP contribution in [-0.4, -0.2) is 4.57 Å². The Kier molecular flexibility index (Phi) is 7.57. The molecule has 3 heterocycles. The lowest BCUT2D eigenvalue weighted by Gasteiger charge is -2.28. The van der Waals surface area contributed by atoms with Crippen molar-refractivity contribution in [2.75, 3.05) is 4.90 Å². The van der Waals surface area contributed by atoms with Crippen LogP contribution in [0.4, 0.5) is 17.1 Å². The summed E-state index contributed by atoms with van der Waals surface area (Å²) >= 11 is 0. The number of rotatable bonds is 6. The molecule has 3 aromatic heterocycles. The van der Waals surface area contributed by atoms with Crippen LogP contribution >= 0.6 is 0 Å². The molecule has 10 aromatic carbocycles. The molecule has 0 bridgehead atoms. The van der Waals surface area contributed by atoms with Gasteiger partial charge in [0, 0.05) is 60.3 Å². The quantitative estimate of drug-likeness (QED) is 0.168. The van der Waals surface area contributed by atoms with Gasteiger partial charge in [-0.2, -0.15) is 0 Å². The molecule has 0 aliphatic rings. The summed E-state index contributed by atoms with van der Waals surface area (Å²) in [5.41, 5.74) is 14.4. The molecule has 0 radical (unpaired) electrons. The minimum absolute atomic E-state index is 0.860. The second kappa shape index (κ2) is 13.6. The van der Waals surface area contributed by atoms with E-state index in [0.717, 1.165) is 94.3 Å². The Balaban J connectivity index is 1.07. The predicted molar refractivity (Wildman–Crippen MR) is 258 cm³/mol. The summed E-state index contributed by atoms with van der Waals surface area (Å²) in [5, 5.41) is 9.18. The first-order valence-corrected chi connectivity index (χ1v) is 21.1. The molecule has 4 nitrogen and oxygen atoms in total. The van der Waals surface area contributed by atoms with Crippen molar-refractivity contribution in [1.82, 2.24) is 4.57 Å². The summed E-state index contributed by atoms with van der Waals surface area (Å²) in [7, 11) is 0. The second-order valence-electron chi connectivity index (χ2n) is 16.0. The summed E-state index contributed by atoms with van der Waals surface area (Å²) in [6.45, 7) is 0. The smallest absolute Gasteiger partial charge is 0.143 e. The lowest BCUT2D eigenvalue weighted by molar-refractivity contribution is 0.669. The van der Waals surface area contributed by atoms with E-state index < -0.39 is 0 Å². The monoisotopic (exact) mass is 792 g/mol. The Morgan fingerprint density at radius 1 is 0.355 bits per heavy atom. The van der Waals surface area contributed by atoms with Gasteiger partial charge in [-0.3, -0.25) is 0 Å². The van der Waals surface area contributed by atoms with Gasteiger partial charge >= 0.3 is 0 Å². The van der Waals surface area contributed by atoms with Crippen molar-refractivity contribution < 1.29 is 8.83 Å². The maximum Gasteiger partial charge on any atom is 0.143 e. The van der Waals surface area contributed by atoms with E-state index in [4.69, 9.17) is 8.83 Å². The van der Waals surface area contributed by atoms with Gasteiger partial charge in [-0.25, -0.2) is 0 Å². The number of nitrogens with zero attached hydrogens (tertiary/aromatic N) is 2. The lowest BCUT2D eigenvalue weighted by Crippen LogP contribution is -2.11. The van der Waals surface area contributed by atoms with Gasteiger partial charge < -0.3 is 18.3 Å². The Labute approximate surface area is 356 Å². The molecule has 0 unspecified atom stereocenters. The van der Waals surface area contributed by atoms with Crippen molar-refractivity contribution in [3.05, 3.63) is 218 Å². The number of fused-ring (bicyclic) bond motifs is 10. The summed E-state index contributed by atoms with van der Waals surface area (Å²) in [4.78, 5) is 2.42. The van der Waals surface area contributed by atoms with Crippen molar-refractivity contribution >= 4 is 93.5 Å². The van der Waals surface area contributed by atoms with E-state index in [1.165, 1.54) is 27.2 Å². The van der Waals surface area contributed by atoms with Crippen molar-refractivity contribution in [3.8, 4) is 27.9 Å². The largest absolute Gasteiger partial charge is 0.456 e. The molecule has 0 spiro atoms. The molecule has 0 amide bonds. The van der Waals surface area contributed by atoms with Crippen LogP contribution in [0.1, 0.15) is 0 Å². The molecule has 62 heavy (non-hydrogen) atoms. The van der Waals surface area contributed by atoms with Crippen molar-refractivity contribution in [2.24, 2.45) is 0 Å². The van der Waals surface area contributed by atoms with Crippen LogP contribution in [0.2, 0.25) is 0 Å². The van der Waals surface area contributed by atoms with Crippen molar-refractivity contribution in [1.29, 1.82) is 0 Å². The highest BCUT2D eigenvalue weighted by molar-refractivity contribution is 6.15. The fraction of sp³-hybridized carbons (Fsp3) is 0. The Morgan fingerprint density at radius 3 is 1.76 bits per heavy atom. The summed E-state index contributed by atoms with van der Waals surface area (Å²) in [6, 6.07) is 78.1. The molecule has 0 atom stereocenters. The molecular formula is C58H36N2O2. The zero-order valence-corrected chi connectivity index (χ0v) is 33.5. The van der Waals surface area contributed by atoms with Crippen LogP contribution in [0, 0.1) is 0 Å². The molecular weight excluding hydrogens is 757 g/mol. The van der Waals surface area contributed by atoms with Crippen LogP contribution in [-0.2, 0) is 0 Å². The molecule has 290 valence electrons. The zero-order valence-electron chi connectivity index (χ0n) is 33.5. The number of benzene rings is 10. The average Bonchev–Trinajstić information content (AvgIpc) is 4.02. The van der Waals surface area contributed by atoms with Gasteiger partial charge in [0.1, 0.15) is 22.3 Å². The summed E-state index contributed by atoms with van der Waals surface area (Å²) < 4.78 is 15.6. The molecule has 0 aliphatic carbocycles. The van der Waals surface area contributed by atoms with Crippen LogP contribution in [0.15, 0.2) is 227 Å². The third-order valence-corrected chi connectivity index (χ3v) is 12.5. The predicted octanol–water partition coefficient (Wildman–Crippen LogP) is 16.5. The third-order valence-electron chi connectivity index (χ3n) is 12.5. The van der Waals surface area contributed by atoms with E-state index in [0.29, 0.717) is 0 Å². The van der Waals surface area contributed by atoms with Crippen LogP contribution < -0.4 is 4.90 Å². The Hall–Kier alpha value is -8.34. The highest BCUT2D eigenvalue weighted by Gasteiger charge is 2.23. The van der Waals surface area contributed by atoms with Gasteiger partial charge in [0.05, 0.1) is 16.7 Å². The third kappa shape index (κ3) is 5.27. The topological polar surface area (TPSA) is 34.5 Å². The fourth-order valence-electron chi connectivity index (χ4n) is 9.83. The Morgan fingerprint density at radius 2 is 0.952 bits per heavy atom. The van der Waals surface area contributed by atoms with Crippen LogP contribution in [0.5, 0.6) is 0 Å². The highest BCUT2D eigenvalue weighted by atomic mass is 16.3. The van der Waals surface area contributed by atoms with Crippen molar-refractivity contribution in [3.63, 3.8) is 0 Å².